The second-order valence-electron chi connectivity index (χ2n) is 4.37. The van der Waals surface area contributed by atoms with Crippen LogP contribution in [-0.4, -0.2) is 49.3 Å². The number of methoxy groups -OCH3 is 1. The molecule has 98 valence electrons. The Labute approximate surface area is 101 Å². The fraction of sp³-hybridized carbons (Fsp3) is 0.818. The Morgan fingerprint density at radius 1 is 1.59 bits per heavy atom. The van der Waals surface area contributed by atoms with Crippen molar-refractivity contribution in [3.05, 3.63) is 0 Å². The Morgan fingerprint density at radius 2 is 2.29 bits per heavy atom. The molecule has 1 aliphatic heterocycles. The van der Waals surface area contributed by atoms with Crippen molar-refractivity contribution < 1.29 is 19.4 Å². The van der Waals surface area contributed by atoms with Crippen LogP contribution < -0.4 is 10.6 Å². The van der Waals surface area contributed by atoms with Gasteiger partial charge in [-0.2, -0.15) is 0 Å². The van der Waals surface area contributed by atoms with E-state index in [0.717, 1.165) is 0 Å². The van der Waals surface area contributed by atoms with E-state index in [1.165, 1.54) is 0 Å². The van der Waals surface area contributed by atoms with Crippen LogP contribution in [-0.2, 0) is 14.3 Å². The maximum Gasteiger partial charge on any atom is 0.306 e. The third-order valence-electron chi connectivity index (χ3n) is 3.04. The van der Waals surface area contributed by atoms with Crippen molar-refractivity contribution in [2.24, 2.45) is 5.92 Å². The van der Waals surface area contributed by atoms with Crippen LogP contribution in [0.4, 0.5) is 0 Å². The normalized spacial score (nSPS) is 25.5. The smallest absolute Gasteiger partial charge is 0.306 e. The summed E-state index contributed by atoms with van der Waals surface area (Å²) < 4.78 is 5.15. The van der Waals surface area contributed by atoms with Gasteiger partial charge in [0.25, 0.3) is 0 Å². The maximum atomic E-state index is 11.7. The first-order valence-corrected chi connectivity index (χ1v) is 5.81. The first-order chi connectivity index (χ1) is 8.04. The summed E-state index contributed by atoms with van der Waals surface area (Å²) >= 11 is 0. The standard InChI is InChI=1S/C11H20N2O4/c1-7(11(15)16)3-4-12-10(14)9-5-8(17-2)6-13-9/h7-9,13H,3-6H2,1-2H3,(H,12,14)(H,15,16). The van der Waals surface area contributed by atoms with Crippen LogP contribution in [0.1, 0.15) is 19.8 Å². The van der Waals surface area contributed by atoms with E-state index >= 15 is 0 Å². The Morgan fingerprint density at radius 3 is 2.82 bits per heavy atom. The van der Waals surface area contributed by atoms with Crippen LogP contribution in [0.3, 0.4) is 0 Å². The van der Waals surface area contributed by atoms with Gasteiger partial charge in [0.1, 0.15) is 0 Å². The Bertz CT molecular complexity index is 283. The molecule has 3 unspecified atom stereocenters. The molecule has 0 aliphatic carbocycles. The lowest BCUT2D eigenvalue weighted by atomic mass is 10.1. The number of carbonyl (C=O) groups excluding carboxylic acids is 1. The molecule has 3 N–H and O–H groups in total. The molecule has 1 heterocycles. The van der Waals surface area contributed by atoms with Crippen molar-refractivity contribution in [1.82, 2.24) is 10.6 Å². The lowest BCUT2D eigenvalue weighted by molar-refractivity contribution is -0.141. The van der Waals surface area contributed by atoms with E-state index in [2.05, 4.69) is 10.6 Å². The summed E-state index contributed by atoms with van der Waals surface area (Å²) in [5, 5.41) is 14.5. The highest BCUT2D eigenvalue weighted by molar-refractivity contribution is 5.82. The number of carboxylic acids is 1. The minimum Gasteiger partial charge on any atom is -0.481 e. The molecule has 1 rings (SSSR count). The molecule has 1 amide bonds. The molecule has 0 spiro atoms. The molecule has 0 aromatic carbocycles. The van der Waals surface area contributed by atoms with E-state index in [4.69, 9.17) is 9.84 Å². The number of ether oxygens (including phenoxy) is 1. The zero-order valence-corrected chi connectivity index (χ0v) is 10.2. The van der Waals surface area contributed by atoms with Crippen molar-refractivity contribution in [2.45, 2.75) is 31.9 Å². The van der Waals surface area contributed by atoms with Crippen molar-refractivity contribution in [3.8, 4) is 0 Å². The number of rotatable bonds is 6. The Balaban J connectivity index is 2.20. The second-order valence-corrected chi connectivity index (χ2v) is 4.37. The quantitative estimate of drug-likeness (QED) is 0.591. The minimum atomic E-state index is -0.835. The number of hydrogen-bond acceptors (Lipinski definition) is 4. The predicted octanol–water partition coefficient (Wildman–Crippen LogP) is -0.410. The van der Waals surface area contributed by atoms with Crippen LogP contribution in [0.2, 0.25) is 0 Å². The van der Waals surface area contributed by atoms with E-state index < -0.39 is 11.9 Å². The fourth-order valence-electron chi connectivity index (χ4n) is 1.74. The van der Waals surface area contributed by atoms with Gasteiger partial charge in [-0.25, -0.2) is 0 Å². The number of hydrogen-bond donors (Lipinski definition) is 3. The molecular formula is C11H20N2O4. The lowest BCUT2D eigenvalue weighted by Crippen LogP contribution is -2.41. The first-order valence-electron chi connectivity index (χ1n) is 5.81. The van der Waals surface area contributed by atoms with Crippen LogP contribution in [0.25, 0.3) is 0 Å². The van der Waals surface area contributed by atoms with Crippen molar-refractivity contribution in [3.63, 3.8) is 0 Å². The summed E-state index contributed by atoms with van der Waals surface area (Å²) in [4.78, 5) is 22.3. The number of amides is 1. The summed E-state index contributed by atoms with van der Waals surface area (Å²) in [6, 6.07) is -0.222. The highest BCUT2D eigenvalue weighted by Crippen LogP contribution is 2.09. The maximum absolute atomic E-state index is 11.7. The zero-order valence-electron chi connectivity index (χ0n) is 10.2. The van der Waals surface area contributed by atoms with Gasteiger partial charge in [-0.05, 0) is 12.8 Å². The fourth-order valence-corrected chi connectivity index (χ4v) is 1.74. The van der Waals surface area contributed by atoms with Gasteiger partial charge in [0.15, 0.2) is 0 Å². The van der Waals surface area contributed by atoms with Gasteiger partial charge >= 0.3 is 5.97 Å². The van der Waals surface area contributed by atoms with E-state index in [-0.39, 0.29) is 18.1 Å². The van der Waals surface area contributed by atoms with Gasteiger partial charge in [-0.1, -0.05) is 6.92 Å². The first kappa shape index (κ1) is 13.9. The topological polar surface area (TPSA) is 87.7 Å². The van der Waals surface area contributed by atoms with Crippen LogP contribution >= 0.6 is 0 Å². The van der Waals surface area contributed by atoms with E-state index in [1.54, 1.807) is 14.0 Å². The molecule has 0 saturated carbocycles. The second kappa shape index (κ2) is 6.56. The third kappa shape index (κ3) is 4.32. The largest absolute Gasteiger partial charge is 0.481 e. The van der Waals surface area contributed by atoms with Gasteiger partial charge in [0, 0.05) is 20.2 Å². The van der Waals surface area contributed by atoms with E-state index in [1.807, 2.05) is 0 Å². The predicted molar refractivity (Wildman–Crippen MR) is 61.6 cm³/mol. The molecule has 6 nitrogen and oxygen atoms in total. The van der Waals surface area contributed by atoms with Crippen molar-refractivity contribution >= 4 is 11.9 Å². The van der Waals surface area contributed by atoms with Crippen molar-refractivity contribution in [1.29, 1.82) is 0 Å². The number of carbonyl (C=O) groups is 2. The summed E-state index contributed by atoms with van der Waals surface area (Å²) in [6.45, 7) is 2.70. The Hall–Kier alpha value is -1.14. The summed E-state index contributed by atoms with van der Waals surface area (Å²) in [5.74, 6) is -1.35. The van der Waals surface area contributed by atoms with Gasteiger partial charge in [-0.3, -0.25) is 9.59 Å². The molecule has 1 fully saturated rings. The van der Waals surface area contributed by atoms with Gasteiger partial charge in [0.2, 0.25) is 5.91 Å². The van der Waals surface area contributed by atoms with E-state index in [0.29, 0.717) is 25.9 Å². The summed E-state index contributed by atoms with van der Waals surface area (Å²) in [5.41, 5.74) is 0. The van der Waals surface area contributed by atoms with Crippen LogP contribution in [0.5, 0.6) is 0 Å². The average Bonchev–Trinajstić information content (AvgIpc) is 2.77. The summed E-state index contributed by atoms with van der Waals surface area (Å²) in [6.07, 6.45) is 1.20. The Kier molecular flexibility index (Phi) is 5.37. The van der Waals surface area contributed by atoms with E-state index in [9.17, 15) is 9.59 Å². The third-order valence-corrected chi connectivity index (χ3v) is 3.04. The molecule has 3 atom stereocenters. The molecule has 6 heteroatoms. The molecule has 1 aliphatic rings. The lowest BCUT2D eigenvalue weighted by Gasteiger charge is -2.12. The number of aliphatic carboxylic acids is 1. The highest BCUT2D eigenvalue weighted by atomic mass is 16.5. The minimum absolute atomic E-state index is 0.0814. The molecule has 17 heavy (non-hydrogen) atoms. The molecule has 0 aromatic rings. The highest BCUT2D eigenvalue weighted by Gasteiger charge is 2.29. The van der Waals surface area contributed by atoms with Crippen LogP contribution in [0, 0.1) is 5.92 Å². The zero-order chi connectivity index (χ0) is 12.8. The van der Waals surface area contributed by atoms with Gasteiger partial charge < -0.3 is 20.5 Å². The van der Waals surface area contributed by atoms with Crippen molar-refractivity contribution in [2.75, 3.05) is 20.2 Å². The molecule has 0 aromatic heterocycles. The van der Waals surface area contributed by atoms with Crippen LogP contribution in [0.15, 0.2) is 0 Å². The molecule has 0 bridgehead atoms. The number of carboxylic acid groups (broad SMARTS) is 1. The average molecular weight is 244 g/mol. The SMILES string of the molecule is COC1CNC(C(=O)NCCC(C)C(=O)O)C1. The molecule has 1 saturated heterocycles. The monoisotopic (exact) mass is 244 g/mol. The molecule has 0 radical (unpaired) electrons. The summed E-state index contributed by atoms with van der Waals surface area (Å²) in [7, 11) is 1.63. The van der Waals surface area contributed by atoms with Gasteiger partial charge in [-0.15, -0.1) is 0 Å². The number of nitrogens with one attached hydrogen (secondary N) is 2. The molecular weight excluding hydrogens is 224 g/mol. The van der Waals surface area contributed by atoms with Gasteiger partial charge in [0.05, 0.1) is 18.1 Å².